The molecule has 2 aliphatic carbocycles. The number of nitrogens with zero attached hydrogens (tertiary/aromatic N) is 3. The molecule has 5 heteroatoms. The number of hydrogen-bond donors (Lipinski definition) is 0. The minimum atomic E-state index is -0.154. The lowest BCUT2D eigenvalue weighted by Crippen LogP contribution is -2.62. The Morgan fingerprint density at radius 1 is 0.385 bits per heavy atom. The van der Waals surface area contributed by atoms with E-state index >= 15 is 0 Å². The van der Waals surface area contributed by atoms with Crippen molar-refractivity contribution in [3.05, 3.63) is 214 Å². The van der Waals surface area contributed by atoms with Gasteiger partial charge in [-0.25, -0.2) is 0 Å². The first-order chi connectivity index (χ1) is 42.6. The minimum absolute atomic E-state index is 0.0183. The van der Waals surface area contributed by atoms with Crippen LogP contribution in [-0.4, -0.2) is 6.71 Å². The fourth-order valence-electron chi connectivity index (χ4n) is 15.9. The zero-order chi connectivity index (χ0) is 64.7. The van der Waals surface area contributed by atoms with Crippen molar-refractivity contribution in [2.75, 3.05) is 14.7 Å². The van der Waals surface area contributed by atoms with E-state index in [0.717, 1.165) is 76.1 Å². The van der Waals surface area contributed by atoms with Crippen molar-refractivity contribution in [2.24, 2.45) is 0 Å². The molecule has 0 amide bonds. The SMILES string of the molecule is CC(C)(C)c1ccc(N(c2ccc(C(C)(C)C)cc2)c2cc3c4c(c2)N(c2ccc(C(C)(C)C)cc2-c2ccccc2)c2c(ccc5oc6cc(C(C)(C)C)ccc6c25)B4c2cc4c(cc2N3c2ccc3c(c2)C(C)(C)CCC3(C)C)C(C)(C)CCC4(C)C)cc1. The number of hydrogen-bond acceptors (Lipinski definition) is 4. The van der Waals surface area contributed by atoms with Crippen LogP contribution in [0.5, 0.6) is 0 Å². The van der Waals surface area contributed by atoms with Gasteiger partial charge >= 0.3 is 0 Å². The molecule has 3 heterocycles. The van der Waals surface area contributed by atoms with Crippen molar-refractivity contribution in [2.45, 2.75) is 207 Å². The molecule has 0 saturated heterocycles. The van der Waals surface area contributed by atoms with Gasteiger partial charge in [0.25, 0.3) is 6.71 Å². The number of anilines is 9. The molecule has 0 fully saturated rings. The zero-order valence-electron chi connectivity index (χ0n) is 58.3. The molecule has 0 unspecified atom stereocenters. The summed E-state index contributed by atoms with van der Waals surface area (Å²) in [4.78, 5) is 7.98. The Bertz CT molecular complexity index is 4500. The van der Waals surface area contributed by atoms with Crippen molar-refractivity contribution in [1.82, 2.24) is 0 Å². The van der Waals surface area contributed by atoms with E-state index in [1.807, 2.05) is 0 Å². The lowest BCUT2D eigenvalue weighted by atomic mass is 9.33. The van der Waals surface area contributed by atoms with Crippen LogP contribution in [0.25, 0.3) is 33.1 Å². The number of benzene rings is 9. The first-order valence-corrected chi connectivity index (χ1v) is 33.9. The highest BCUT2D eigenvalue weighted by molar-refractivity contribution is 7.00. The summed E-state index contributed by atoms with van der Waals surface area (Å²) in [5, 5.41) is 2.27. The van der Waals surface area contributed by atoms with Crippen LogP contribution in [0.4, 0.5) is 51.2 Å². The molecule has 9 aromatic carbocycles. The Kier molecular flexibility index (Phi) is 13.6. The quantitative estimate of drug-likeness (QED) is 0.155. The monoisotopic (exact) mass is 1200 g/mol. The van der Waals surface area contributed by atoms with Crippen molar-refractivity contribution in [1.29, 1.82) is 0 Å². The smallest absolute Gasteiger partial charge is 0.252 e. The molecule has 0 N–H and O–H groups in total. The Morgan fingerprint density at radius 3 is 1.44 bits per heavy atom. The highest BCUT2D eigenvalue weighted by Crippen LogP contribution is 2.56. The van der Waals surface area contributed by atoms with E-state index in [1.54, 1.807) is 0 Å². The second-order valence-corrected chi connectivity index (χ2v) is 34.4. The molecule has 4 aliphatic rings. The van der Waals surface area contributed by atoms with Gasteiger partial charge < -0.3 is 19.1 Å². The fourth-order valence-corrected chi connectivity index (χ4v) is 15.9. The van der Waals surface area contributed by atoms with Crippen LogP contribution in [0.15, 0.2) is 174 Å². The first-order valence-electron chi connectivity index (χ1n) is 33.9. The molecule has 0 radical (unpaired) electrons. The summed E-state index contributed by atoms with van der Waals surface area (Å²) < 4.78 is 7.26. The van der Waals surface area contributed by atoms with Gasteiger partial charge in [-0.2, -0.15) is 0 Å². The van der Waals surface area contributed by atoms with Crippen molar-refractivity contribution in [3.63, 3.8) is 0 Å². The molecule has 10 aromatic rings. The van der Waals surface area contributed by atoms with E-state index in [2.05, 4.69) is 323 Å². The van der Waals surface area contributed by atoms with Crippen LogP contribution in [0, 0.1) is 0 Å². The maximum absolute atomic E-state index is 7.26. The standard InChI is InChI=1S/C86H96BN3O/c1-79(2,3)54-26-32-58(33-27-54)88(59-34-28-55(29-35-59)80(4,5)6)61-49-72-77-73(50-61)90(70-40-31-56(81(7,8)9)46-63(70)53-24-22-21-23-25-53)78-68(39-41-74-76(78)62-37-30-57(82(10,11)12)47-75(62)91-74)87(77)69-51-66-67(86(19,20)45-44-85(66,17)18)52-71(69)89(72)60-36-38-64-65(48-60)84(15,16)43-42-83(64,13)14/h21-41,46-52H,42-45H2,1-20H3. The summed E-state index contributed by atoms with van der Waals surface area (Å²) in [5.41, 5.74) is 29.3. The second kappa shape index (κ2) is 20.4. The predicted molar refractivity (Wildman–Crippen MR) is 393 cm³/mol. The maximum Gasteiger partial charge on any atom is 0.252 e. The van der Waals surface area contributed by atoms with Gasteiger partial charge in [0.2, 0.25) is 0 Å². The third-order valence-corrected chi connectivity index (χ3v) is 22.0. The highest BCUT2D eigenvalue weighted by atomic mass is 16.3. The van der Waals surface area contributed by atoms with E-state index in [9.17, 15) is 0 Å². The average molecular weight is 1200 g/mol. The van der Waals surface area contributed by atoms with E-state index in [-0.39, 0.29) is 50.0 Å². The summed E-state index contributed by atoms with van der Waals surface area (Å²) in [6.45, 7) is 47.6. The molecule has 14 rings (SSSR count). The molecule has 464 valence electrons. The van der Waals surface area contributed by atoms with Gasteiger partial charge in [-0.15, -0.1) is 0 Å². The van der Waals surface area contributed by atoms with E-state index in [4.69, 9.17) is 4.42 Å². The number of rotatable bonds is 6. The van der Waals surface area contributed by atoms with Gasteiger partial charge in [0.15, 0.2) is 0 Å². The summed E-state index contributed by atoms with van der Waals surface area (Å²) >= 11 is 0. The molecule has 0 saturated carbocycles. The molecule has 2 aliphatic heterocycles. The topological polar surface area (TPSA) is 22.9 Å². The third-order valence-electron chi connectivity index (χ3n) is 22.0. The van der Waals surface area contributed by atoms with E-state index < -0.39 is 0 Å². The molecule has 1 aromatic heterocycles. The lowest BCUT2D eigenvalue weighted by Gasteiger charge is -2.48. The maximum atomic E-state index is 7.26. The summed E-state index contributed by atoms with van der Waals surface area (Å²) in [5.74, 6) is 0. The Morgan fingerprint density at radius 2 is 0.879 bits per heavy atom. The minimum Gasteiger partial charge on any atom is -0.456 e. The Labute approximate surface area is 545 Å². The second-order valence-electron chi connectivity index (χ2n) is 34.4. The summed E-state index contributed by atoms with van der Waals surface area (Å²) in [7, 11) is 0. The Hall–Kier alpha value is -7.76. The Balaban J connectivity index is 1.19. The van der Waals surface area contributed by atoms with E-state index in [0.29, 0.717) is 0 Å². The summed E-state index contributed by atoms with van der Waals surface area (Å²) in [6.07, 6.45) is 4.53. The molecular formula is C86H96BN3O. The van der Waals surface area contributed by atoms with Crippen LogP contribution < -0.4 is 31.1 Å². The summed E-state index contributed by atoms with van der Waals surface area (Å²) in [6, 6.07) is 67.3. The largest absolute Gasteiger partial charge is 0.456 e. The van der Waals surface area contributed by atoms with Crippen molar-refractivity contribution in [3.8, 4) is 11.1 Å². The molecule has 0 bridgehead atoms. The van der Waals surface area contributed by atoms with Crippen LogP contribution in [0.1, 0.15) is 209 Å². The van der Waals surface area contributed by atoms with Crippen molar-refractivity contribution >= 4 is 96.2 Å². The average Bonchev–Trinajstić information content (AvgIpc) is 1.48. The van der Waals surface area contributed by atoms with Crippen LogP contribution in [0.3, 0.4) is 0 Å². The molecule has 0 spiro atoms. The normalized spacial score (nSPS) is 17.1. The van der Waals surface area contributed by atoms with E-state index in [1.165, 1.54) is 94.8 Å². The van der Waals surface area contributed by atoms with Gasteiger partial charge in [-0.1, -0.05) is 229 Å². The lowest BCUT2D eigenvalue weighted by molar-refractivity contribution is 0.332. The fraction of sp³-hybridized carbons (Fsp3) is 0.372. The van der Waals surface area contributed by atoms with Gasteiger partial charge in [0.1, 0.15) is 11.2 Å². The zero-order valence-corrected chi connectivity index (χ0v) is 58.3. The van der Waals surface area contributed by atoms with Gasteiger partial charge in [0.05, 0.1) is 22.4 Å². The number of furan rings is 1. The van der Waals surface area contributed by atoms with Crippen molar-refractivity contribution < 1.29 is 4.42 Å². The van der Waals surface area contributed by atoms with Gasteiger partial charge in [0, 0.05) is 45.1 Å². The number of fused-ring (bicyclic) bond motifs is 10. The first kappa shape index (κ1) is 60.8. The highest BCUT2D eigenvalue weighted by Gasteiger charge is 2.49. The van der Waals surface area contributed by atoms with Crippen LogP contribution in [-0.2, 0) is 43.3 Å². The van der Waals surface area contributed by atoms with Gasteiger partial charge in [-0.05, 0) is 214 Å². The molecule has 91 heavy (non-hydrogen) atoms. The van der Waals surface area contributed by atoms with Gasteiger partial charge in [-0.3, -0.25) is 0 Å². The molecular weight excluding hydrogens is 1100 g/mol. The van der Waals surface area contributed by atoms with Crippen LogP contribution >= 0.6 is 0 Å². The molecule has 0 atom stereocenters. The van der Waals surface area contributed by atoms with Crippen LogP contribution in [0.2, 0.25) is 0 Å². The molecule has 4 nitrogen and oxygen atoms in total. The predicted octanol–water partition coefficient (Wildman–Crippen LogP) is 22.7. The third kappa shape index (κ3) is 9.99.